The van der Waals surface area contributed by atoms with Crippen LogP contribution in [-0.2, 0) is 0 Å². The molecule has 1 saturated heterocycles. The molecule has 5 heteroatoms. The average molecular weight is 255 g/mol. The maximum Gasteiger partial charge on any atom is 0.137 e. The molecular formula is C12H19ClN4. The lowest BCUT2D eigenvalue weighted by molar-refractivity contribution is 0.199. The number of anilines is 1. The number of halogens is 1. The summed E-state index contributed by atoms with van der Waals surface area (Å²) in [6.07, 6.45) is 1.54. The lowest BCUT2D eigenvalue weighted by Crippen LogP contribution is -2.52. The van der Waals surface area contributed by atoms with Gasteiger partial charge in [0.25, 0.3) is 0 Å². The maximum absolute atomic E-state index is 6.04. The molecule has 2 heterocycles. The lowest BCUT2D eigenvalue weighted by Gasteiger charge is -2.40. The van der Waals surface area contributed by atoms with Gasteiger partial charge in [0, 0.05) is 31.2 Å². The summed E-state index contributed by atoms with van der Waals surface area (Å²) in [7, 11) is 0. The molecule has 4 nitrogen and oxygen atoms in total. The summed E-state index contributed by atoms with van der Waals surface area (Å²) in [4.78, 5) is 13.1. The smallest absolute Gasteiger partial charge is 0.137 e. The maximum atomic E-state index is 6.04. The third-order valence-electron chi connectivity index (χ3n) is 3.47. The van der Waals surface area contributed by atoms with Crippen molar-refractivity contribution in [2.75, 3.05) is 31.1 Å². The zero-order valence-electron chi connectivity index (χ0n) is 10.6. The highest BCUT2D eigenvalue weighted by Crippen LogP contribution is 2.24. The Labute approximate surface area is 108 Å². The molecule has 1 aliphatic rings. The topological polar surface area (TPSA) is 32.3 Å². The van der Waals surface area contributed by atoms with Crippen LogP contribution >= 0.6 is 11.6 Å². The second-order valence-corrected chi connectivity index (χ2v) is 4.89. The van der Waals surface area contributed by atoms with Gasteiger partial charge in [0.2, 0.25) is 0 Å². The molecule has 0 spiro atoms. The Morgan fingerprint density at radius 1 is 1.41 bits per heavy atom. The molecular weight excluding hydrogens is 236 g/mol. The Morgan fingerprint density at radius 3 is 2.82 bits per heavy atom. The molecule has 0 aromatic carbocycles. The zero-order valence-corrected chi connectivity index (χ0v) is 11.4. The van der Waals surface area contributed by atoms with Crippen molar-refractivity contribution in [3.05, 3.63) is 17.0 Å². The van der Waals surface area contributed by atoms with Gasteiger partial charge in [0.1, 0.15) is 17.3 Å². The van der Waals surface area contributed by atoms with Crippen LogP contribution in [0.15, 0.2) is 6.33 Å². The highest BCUT2D eigenvalue weighted by atomic mass is 35.5. The van der Waals surface area contributed by atoms with Crippen molar-refractivity contribution in [3.63, 3.8) is 0 Å². The Kier molecular flexibility index (Phi) is 3.84. The molecule has 0 saturated carbocycles. The summed E-state index contributed by atoms with van der Waals surface area (Å²) in [5.74, 6) is 0.979. The number of piperazine rings is 1. The third kappa shape index (κ3) is 2.53. The number of aromatic nitrogens is 2. The van der Waals surface area contributed by atoms with Crippen LogP contribution in [0.5, 0.6) is 0 Å². The summed E-state index contributed by atoms with van der Waals surface area (Å²) < 4.78 is 0. The number of nitrogens with zero attached hydrogens (tertiary/aromatic N) is 4. The Balaban J connectivity index is 2.16. The normalized spacial score (nSPS) is 21.9. The number of likely N-dealkylation sites (N-methyl/N-ethyl adjacent to an activating group) is 1. The molecule has 0 radical (unpaired) electrons. The molecule has 0 aliphatic carbocycles. The summed E-state index contributed by atoms with van der Waals surface area (Å²) in [5, 5.41) is 0.556. The number of hydrogen-bond acceptors (Lipinski definition) is 4. The van der Waals surface area contributed by atoms with Crippen molar-refractivity contribution >= 4 is 17.4 Å². The van der Waals surface area contributed by atoms with Gasteiger partial charge < -0.3 is 4.90 Å². The average Bonchev–Trinajstić information content (AvgIpc) is 2.32. The van der Waals surface area contributed by atoms with Gasteiger partial charge in [-0.05, 0) is 20.4 Å². The summed E-state index contributed by atoms with van der Waals surface area (Å²) in [6, 6.07) is 0.557. The summed E-state index contributed by atoms with van der Waals surface area (Å²) in [6.45, 7) is 10.6. The van der Waals surface area contributed by atoms with Gasteiger partial charge in [-0.15, -0.1) is 0 Å². The van der Waals surface area contributed by atoms with Crippen molar-refractivity contribution in [3.8, 4) is 0 Å². The predicted octanol–water partition coefficient (Wildman–Crippen LogP) is 1.97. The largest absolute Gasteiger partial charge is 0.353 e. The van der Waals surface area contributed by atoms with E-state index in [0.717, 1.165) is 37.6 Å². The van der Waals surface area contributed by atoms with Crippen LogP contribution in [-0.4, -0.2) is 47.1 Å². The van der Waals surface area contributed by atoms with Crippen molar-refractivity contribution in [2.24, 2.45) is 0 Å². The molecule has 0 amide bonds. The van der Waals surface area contributed by atoms with Crippen LogP contribution in [0.25, 0.3) is 0 Å². The second-order valence-electron chi connectivity index (χ2n) is 4.54. The van der Waals surface area contributed by atoms with Crippen molar-refractivity contribution < 1.29 is 0 Å². The van der Waals surface area contributed by atoms with Crippen LogP contribution in [0.2, 0.25) is 5.15 Å². The van der Waals surface area contributed by atoms with Crippen molar-refractivity contribution in [1.82, 2.24) is 14.9 Å². The standard InChI is InChI=1S/C12H19ClN4/c1-4-16-5-6-17(7-9(16)2)12-10(3)11(13)14-8-15-12/h8-9H,4-7H2,1-3H3. The van der Waals surface area contributed by atoms with Crippen LogP contribution < -0.4 is 4.90 Å². The molecule has 0 bridgehead atoms. The van der Waals surface area contributed by atoms with E-state index in [1.54, 1.807) is 6.33 Å². The molecule has 1 unspecified atom stereocenters. The van der Waals surface area contributed by atoms with E-state index in [2.05, 4.69) is 33.6 Å². The fraction of sp³-hybridized carbons (Fsp3) is 0.667. The van der Waals surface area contributed by atoms with Gasteiger partial charge in [-0.25, -0.2) is 9.97 Å². The van der Waals surface area contributed by atoms with Gasteiger partial charge in [-0.1, -0.05) is 18.5 Å². The van der Waals surface area contributed by atoms with E-state index in [0.29, 0.717) is 11.2 Å². The molecule has 1 aliphatic heterocycles. The molecule has 1 aromatic heterocycles. The van der Waals surface area contributed by atoms with E-state index in [-0.39, 0.29) is 0 Å². The van der Waals surface area contributed by atoms with Gasteiger partial charge in [-0.3, -0.25) is 4.90 Å². The highest BCUT2D eigenvalue weighted by molar-refractivity contribution is 6.30. The van der Waals surface area contributed by atoms with E-state index < -0.39 is 0 Å². The van der Waals surface area contributed by atoms with Crippen molar-refractivity contribution in [1.29, 1.82) is 0 Å². The minimum absolute atomic E-state index is 0.556. The molecule has 1 aromatic rings. The van der Waals surface area contributed by atoms with Crippen LogP contribution in [0, 0.1) is 6.92 Å². The number of hydrogen-bond donors (Lipinski definition) is 0. The molecule has 2 rings (SSSR count). The predicted molar refractivity (Wildman–Crippen MR) is 70.7 cm³/mol. The monoisotopic (exact) mass is 254 g/mol. The third-order valence-corrected chi connectivity index (χ3v) is 3.85. The number of rotatable bonds is 2. The first-order chi connectivity index (χ1) is 8.13. The zero-order chi connectivity index (χ0) is 12.4. The van der Waals surface area contributed by atoms with Crippen LogP contribution in [0.3, 0.4) is 0 Å². The van der Waals surface area contributed by atoms with Gasteiger partial charge in [0.05, 0.1) is 0 Å². The fourth-order valence-corrected chi connectivity index (χ4v) is 2.52. The fourth-order valence-electron chi connectivity index (χ4n) is 2.40. The molecule has 0 N–H and O–H groups in total. The van der Waals surface area contributed by atoms with E-state index >= 15 is 0 Å². The molecule has 94 valence electrons. The SMILES string of the molecule is CCN1CCN(c2ncnc(Cl)c2C)CC1C. The minimum atomic E-state index is 0.556. The first-order valence-electron chi connectivity index (χ1n) is 6.09. The summed E-state index contributed by atoms with van der Waals surface area (Å²) >= 11 is 6.04. The van der Waals surface area contributed by atoms with Crippen LogP contribution in [0.4, 0.5) is 5.82 Å². The first kappa shape index (κ1) is 12.6. The summed E-state index contributed by atoms with van der Waals surface area (Å²) in [5.41, 5.74) is 0.978. The minimum Gasteiger partial charge on any atom is -0.353 e. The molecule has 17 heavy (non-hydrogen) atoms. The quantitative estimate of drug-likeness (QED) is 0.756. The van der Waals surface area contributed by atoms with E-state index in [1.807, 2.05) is 6.92 Å². The van der Waals surface area contributed by atoms with E-state index in [1.165, 1.54) is 0 Å². The van der Waals surface area contributed by atoms with Gasteiger partial charge in [-0.2, -0.15) is 0 Å². The Bertz CT molecular complexity index is 396. The van der Waals surface area contributed by atoms with E-state index in [9.17, 15) is 0 Å². The van der Waals surface area contributed by atoms with E-state index in [4.69, 9.17) is 11.6 Å². The molecule has 1 atom stereocenters. The van der Waals surface area contributed by atoms with Gasteiger partial charge >= 0.3 is 0 Å². The molecule has 1 fully saturated rings. The second kappa shape index (κ2) is 5.19. The van der Waals surface area contributed by atoms with Crippen LogP contribution in [0.1, 0.15) is 19.4 Å². The Morgan fingerprint density at radius 2 is 2.18 bits per heavy atom. The highest BCUT2D eigenvalue weighted by Gasteiger charge is 2.24. The lowest BCUT2D eigenvalue weighted by atomic mass is 10.2. The van der Waals surface area contributed by atoms with Crippen molar-refractivity contribution in [2.45, 2.75) is 26.8 Å². The first-order valence-corrected chi connectivity index (χ1v) is 6.47. The van der Waals surface area contributed by atoms with Gasteiger partial charge in [0.15, 0.2) is 0 Å². The Hall–Kier alpha value is -0.870.